The third-order valence-electron chi connectivity index (χ3n) is 6.79. The lowest BCUT2D eigenvalue weighted by Crippen LogP contribution is -2.66. The summed E-state index contributed by atoms with van der Waals surface area (Å²) in [7, 11) is 0. The molecule has 3 rings (SSSR count). The summed E-state index contributed by atoms with van der Waals surface area (Å²) in [5, 5.41) is 4.19. The zero-order valence-corrected chi connectivity index (χ0v) is 25.0. The Bertz CT molecular complexity index is 1130. The molecule has 2 atom stereocenters. The van der Waals surface area contributed by atoms with Crippen molar-refractivity contribution >= 4 is 11.7 Å². The summed E-state index contributed by atoms with van der Waals surface area (Å²) >= 11 is 0. The summed E-state index contributed by atoms with van der Waals surface area (Å²) in [6.45, 7) is 26.3. The number of benzene rings is 1. The number of hydrogen-bond acceptors (Lipinski definition) is 6. The van der Waals surface area contributed by atoms with Crippen molar-refractivity contribution in [1.29, 1.82) is 0 Å². The second kappa shape index (κ2) is 9.00. The van der Waals surface area contributed by atoms with Crippen LogP contribution >= 0.6 is 0 Å². The van der Waals surface area contributed by atoms with Gasteiger partial charge in [-0.05, 0) is 12.5 Å². The molecule has 0 saturated carbocycles. The van der Waals surface area contributed by atoms with Crippen LogP contribution in [0.25, 0.3) is 0 Å². The predicted molar refractivity (Wildman–Crippen MR) is 146 cm³/mol. The van der Waals surface area contributed by atoms with Crippen LogP contribution in [0.5, 0.6) is 0 Å². The number of ether oxygens (including phenoxy) is 3. The van der Waals surface area contributed by atoms with Gasteiger partial charge in [0.05, 0.1) is 5.71 Å². The zero-order chi connectivity index (χ0) is 28.2. The summed E-state index contributed by atoms with van der Waals surface area (Å²) in [6, 6.07) is 9.58. The van der Waals surface area contributed by atoms with Gasteiger partial charge in [0.2, 0.25) is 5.79 Å². The Morgan fingerprint density at radius 2 is 1.38 bits per heavy atom. The van der Waals surface area contributed by atoms with Crippen LogP contribution in [0.3, 0.4) is 0 Å². The molecule has 0 fully saturated rings. The molecule has 6 heteroatoms. The second-order valence-electron chi connectivity index (χ2n) is 14.2. The number of carbonyl (C=O) groups is 1. The van der Waals surface area contributed by atoms with Crippen LogP contribution < -0.4 is 0 Å². The van der Waals surface area contributed by atoms with Gasteiger partial charge in [0, 0.05) is 27.7 Å². The van der Waals surface area contributed by atoms with E-state index in [1.54, 1.807) is 6.92 Å². The zero-order valence-electron chi connectivity index (χ0n) is 25.0. The van der Waals surface area contributed by atoms with Crippen molar-refractivity contribution < 1.29 is 23.8 Å². The average Bonchev–Trinajstić information content (AvgIpc) is 2.74. The molecule has 37 heavy (non-hydrogen) atoms. The fraction of sp³-hybridized carbons (Fsp3) is 0.613. The minimum atomic E-state index is -1.48. The highest BCUT2D eigenvalue weighted by Gasteiger charge is 2.68. The molecule has 2 heterocycles. The van der Waals surface area contributed by atoms with Crippen molar-refractivity contribution in [3.05, 3.63) is 59.1 Å². The Labute approximate surface area is 223 Å². The Hall–Kier alpha value is -2.60. The van der Waals surface area contributed by atoms with Gasteiger partial charge in [0.1, 0.15) is 17.1 Å². The van der Waals surface area contributed by atoms with Crippen LogP contribution in [0, 0.1) is 21.7 Å². The van der Waals surface area contributed by atoms with Gasteiger partial charge in [-0.1, -0.05) is 119 Å². The highest BCUT2D eigenvalue weighted by Crippen LogP contribution is 2.60. The smallest absolute Gasteiger partial charge is 0.371 e. The van der Waals surface area contributed by atoms with Gasteiger partial charge in [-0.2, -0.15) is 0 Å². The van der Waals surface area contributed by atoms with E-state index in [1.807, 2.05) is 78.0 Å². The maximum atomic E-state index is 14.0. The van der Waals surface area contributed by atoms with Crippen LogP contribution in [0.2, 0.25) is 0 Å². The summed E-state index contributed by atoms with van der Waals surface area (Å²) in [5.74, 6) is -2.13. The van der Waals surface area contributed by atoms with Gasteiger partial charge in [-0.25, -0.2) is 4.79 Å². The maximum absolute atomic E-state index is 14.0. The number of rotatable bonds is 3. The minimum Gasteiger partial charge on any atom is -0.461 e. The summed E-state index contributed by atoms with van der Waals surface area (Å²) in [4.78, 5) is 19.6. The van der Waals surface area contributed by atoms with Crippen molar-refractivity contribution in [2.24, 2.45) is 26.8 Å². The third-order valence-corrected chi connectivity index (χ3v) is 6.79. The lowest BCUT2D eigenvalue weighted by Gasteiger charge is -2.60. The Morgan fingerprint density at radius 1 is 0.811 bits per heavy atom. The van der Waals surface area contributed by atoms with Crippen molar-refractivity contribution in [2.75, 3.05) is 0 Å². The Morgan fingerprint density at radius 3 is 1.84 bits per heavy atom. The summed E-state index contributed by atoms with van der Waals surface area (Å²) in [5.41, 5.74) is -0.444. The van der Waals surface area contributed by atoms with E-state index in [0.29, 0.717) is 17.2 Å². The van der Waals surface area contributed by atoms with E-state index >= 15 is 0 Å². The highest BCUT2D eigenvalue weighted by atomic mass is 16.8. The minimum absolute atomic E-state index is 0.201. The predicted octanol–water partition coefficient (Wildman–Crippen LogP) is 7.75. The number of allylic oxidation sites excluding steroid dienone is 2. The van der Waals surface area contributed by atoms with Crippen molar-refractivity contribution in [1.82, 2.24) is 0 Å². The molecule has 2 bridgehead atoms. The quantitative estimate of drug-likeness (QED) is 0.236. The van der Waals surface area contributed by atoms with Gasteiger partial charge < -0.3 is 14.3 Å². The molecule has 204 valence electrons. The molecule has 1 aromatic carbocycles. The molecule has 0 aromatic heterocycles. The second-order valence-corrected chi connectivity index (χ2v) is 14.2. The van der Waals surface area contributed by atoms with Crippen LogP contribution in [0.1, 0.15) is 95.6 Å². The highest BCUT2D eigenvalue weighted by molar-refractivity contribution is 5.99. The molecule has 0 aliphatic carbocycles. The van der Waals surface area contributed by atoms with Gasteiger partial charge in [-0.3, -0.25) is 4.74 Å². The SMILES string of the molecule is C/C(=N\OC(=O)C1=C(C(C)(C)C)OC2(C(C)(C)C)C=C(C(C)(C)C)OC1(C(C)(C)C)O2)c1ccccc1. The van der Waals surface area contributed by atoms with Crippen LogP contribution in [-0.4, -0.2) is 23.3 Å². The first-order valence-electron chi connectivity index (χ1n) is 13.0. The van der Waals surface area contributed by atoms with Gasteiger partial charge >= 0.3 is 5.97 Å². The van der Waals surface area contributed by atoms with Crippen LogP contribution in [0.15, 0.2) is 58.7 Å². The molecular weight excluding hydrogens is 466 g/mol. The van der Waals surface area contributed by atoms with Crippen molar-refractivity contribution in [2.45, 2.75) is 102 Å². The number of oxime groups is 1. The van der Waals surface area contributed by atoms with Gasteiger partial charge in [-0.15, -0.1) is 0 Å². The number of hydrogen-bond donors (Lipinski definition) is 0. The van der Waals surface area contributed by atoms with E-state index in [4.69, 9.17) is 19.0 Å². The van der Waals surface area contributed by atoms with Gasteiger partial charge in [0.15, 0.2) is 0 Å². The molecule has 0 amide bonds. The number of nitrogens with zero attached hydrogens (tertiary/aromatic N) is 1. The normalized spacial score (nSPS) is 25.2. The van der Waals surface area contributed by atoms with Crippen LogP contribution in [0.4, 0.5) is 0 Å². The summed E-state index contributed by atoms with van der Waals surface area (Å²) < 4.78 is 20.5. The molecular formula is C31H45NO5. The topological polar surface area (TPSA) is 66.4 Å². The van der Waals surface area contributed by atoms with Gasteiger partial charge in [0.25, 0.3) is 5.79 Å². The first-order valence-corrected chi connectivity index (χ1v) is 13.0. The van der Waals surface area contributed by atoms with E-state index in [0.717, 1.165) is 5.56 Å². The lowest BCUT2D eigenvalue weighted by molar-refractivity contribution is -0.399. The molecule has 0 radical (unpaired) electrons. The fourth-order valence-corrected chi connectivity index (χ4v) is 4.34. The molecule has 2 unspecified atom stereocenters. The van der Waals surface area contributed by atoms with E-state index < -0.39 is 33.8 Å². The largest absolute Gasteiger partial charge is 0.461 e. The first-order chi connectivity index (χ1) is 16.6. The molecule has 0 spiro atoms. The van der Waals surface area contributed by atoms with E-state index in [1.165, 1.54) is 0 Å². The fourth-order valence-electron chi connectivity index (χ4n) is 4.34. The standard InChI is InChI=1S/C31H45NO5/c1-20(21-17-15-14-16-18-21)32-36-25(33)23-24(27(5,6)7)35-30(28(8,9)10)19-22(26(2,3)4)34-31(23,37-30)29(11,12)13/h14-19H,1-13H3/b32-20+. The molecule has 0 N–H and O–H groups in total. The van der Waals surface area contributed by atoms with Crippen LogP contribution in [-0.2, 0) is 23.8 Å². The van der Waals surface area contributed by atoms with E-state index in [9.17, 15) is 4.79 Å². The third kappa shape index (κ3) is 5.22. The van der Waals surface area contributed by atoms with E-state index in [-0.39, 0.29) is 11.0 Å². The molecule has 2 aliphatic heterocycles. The molecule has 1 aromatic rings. The lowest BCUT2D eigenvalue weighted by atomic mass is 9.72. The monoisotopic (exact) mass is 511 g/mol. The van der Waals surface area contributed by atoms with E-state index in [2.05, 4.69) is 46.7 Å². The number of carbonyl (C=O) groups excluding carboxylic acids is 1. The number of fused-ring (bicyclic) bond motifs is 2. The van der Waals surface area contributed by atoms with Crippen molar-refractivity contribution in [3.63, 3.8) is 0 Å². The Kier molecular flexibility index (Phi) is 7.05. The molecule has 0 saturated heterocycles. The molecule has 2 aliphatic rings. The van der Waals surface area contributed by atoms with Crippen molar-refractivity contribution in [3.8, 4) is 0 Å². The molecule has 6 nitrogen and oxygen atoms in total. The Balaban J connectivity index is 2.29. The average molecular weight is 512 g/mol. The first kappa shape index (κ1) is 29.0. The summed E-state index contributed by atoms with van der Waals surface area (Å²) in [6.07, 6.45) is 1.95. The maximum Gasteiger partial charge on any atom is 0.371 e.